The molecule has 0 aromatic heterocycles. The molecule has 0 heterocycles. The van der Waals surface area contributed by atoms with Crippen molar-refractivity contribution in [3.05, 3.63) is 35.1 Å². The molecule has 0 bridgehead atoms. The molecule has 0 saturated carbocycles. The van der Waals surface area contributed by atoms with E-state index < -0.39 is 23.6 Å². The van der Waals surface area contributed by atoms with Crippen molar-refractivity contribution in [1.29, 1.82) is 0 Å². The van der Waals surface area contributed by atoms with Gasteiger partial charge in [-0.1, -0.05) is 6.07 Å². The number of hydrogen-bond donors (Lipinski definition) is 2. The monoisotopic (exact) mass is 247 g/mol. The summed E-state index contributed by atoms with van der Waals surface area (Å²) in [6, 6.07) is 1.84. The summed E-state index contributed by atoms with van der Waals surface area (Å²) in [5.41, 5.74) is -0.503. The second-order valence-electron chi connectivity index (χ2n) is 4.91. The third kappa shape index (κ3) is 3.71. The van der Waals surface area contributed by atoms with E-state index in [2.05, 4.69) is 5.32 Å². The number of β-amino-alcohol motifs (C(OH)–C–C–N with tert-alkyl or cyclic N) is 1. The van der Waals surface area contributed by atoms with E-state index in [1.807, 2.05) is 20.8 Å². The first-order valence-electron chi connectivity index (χ1n) is 5.29. The maximum absolute atomic E-state index is 13.3. The van der Waals surface area contributed by atoms with Crippen molar-refractivity contribution in [1.82, 2.24) is 5.32 Å². The molecule has 0 aliphatic carbocycles. The Morgan fingerprint density at radius 3 is 2.29 bits per heavy atom. The fourth-order valence-electron chi connectivity index (χ4n) is 1.31. The summed E-state index contributed by atoms with van der Waals surface area (Å²) in [7, 11) is 0. The van der Waals surface area contributed by atoms with Crippen LogP contribution in [-0.4, -0.2) is 17.2 Å². The summed E-state index contributed by atoms with van der Waals surface area (Å²) in [6.07, 6.45) is -1.22. The predicted octanol–water partition coefficient (Wildman–Crippen LogP) is 2.53. The maximum Gasteiger partial charge on any atom is 0.194 e. The number of halogens is 3. The van der Waals surface area contributed by atoms with Crippen LogP contribution >= 0.6 is 0 Å². The Morgan fingerprint density at radius 2 is 1.76 bits per heavy atom. The lowest BCUT2D eigenvalue weighted by atomic mass is 10.1. The molecular weight excluding hydrogens is 231 g/mol. The van der Waals surface area contributed by atoms with Gasteiger partial charge in [-0.05, 0) is 26.8 Å². The maximum atomic E-state index is 13.3. The molecule has 0 fully saturated rings. The molecule has 5 heteroatoms. The molecule has 1 aromatic carbocycles. The Labute approximate surface area is 98.5 Å². The molecule has 0 amide bonds. The Kier molecular flexibility index (Phi) is 4.16. The highest BCUT2D eigenvalue weighted by molar-refractivity contribution is 5.22. The Bertz CT molecular complexity index is 401. The Hall–Kier alpha value is -1.07. The van der Waals surface area contributed by atoms with Gasteiger partial charge in [0.1, 0.15) is 0 Å². The molecule has 0 unspecified atom stereocenters. The Morgan fingerprint density at radius 1 is 1.18 bits per heavy atom. The van der Waals surface area contributed by atoms with E-state index in [1.54, 1.807) is 0 Å². The van der Waals surface area contributed by atoms with Gasteiger partial charge in [0.25, 0.3) is 0 Å². The van der Waals surface area contributed by atoms with E-state index in [9.17, 15) is 18.3 Å². The fourth-order valence-corrected chi connectivity index (χ4v) is 1.31. The number of aliphatic hydroxyl groups excluding tert-OH is 1. The summed E-state index contributed by atoms with van der Waals surface area (Å²) >= 11 is 0. The average Bonchev–Trinajstić information content (AvgIpc) is 2.22. The minimum Gasteiger partial charge on any atom is -0.387 e. The molecule has 2 nitrogen and oxygen atoms in total. The van der Waals surface area contributed by atoms with Crippen LogP contribution in [0, 0.1) is 17.5 Å². The molecule has 0 spiro atoms. The van der Waals surface area contributed by atoms with Crippen LogP contribution in [0.15, 0.2) is 12.1 Å². The van der Waals surface area contributed by atoms with E-state index in [1.165, 1.54) is 0 Å². The quantitative estimate of drug-likeness (QED) is 0.804. The molecule has 1 aromatic rings. The van der Waals surface area contributed by atoms with Crippen LogP contribution < -0.4 is 5.32 Å². The number of hydrogen-bond acceptors (Lipinski definition) is 2. The topological polar surface area (TPSA) is 32.3 Å². The van der Waals surface area contributed by atoms with E-state index in [4.69, 9.17) is 0 Å². The van der Waals surface area contributed by atoms with Crippen LogP contribution in [0.2, 0.25) is 0 Å². The molecule has 0 saturated heterocycles. The van der Waals surface area contributed by atoms with Gasteiger partial charge in [0.2, 0.25) is 0 Å². The fraction of sp³-hybridized carbons (Fsp3) is 0.500. The summed E-state index contributed by atoms with van der Waals surface area (Å²) in [5, 5.41) is 12.6. The van der Waals surface area contributed by atoms with Crippen molar-refractivity contribution in [3.8, 4) is 0 Å². The standard InChI is InChI=1S/C12H16F3NO/c1-12(2,3)16-6-9(17)7-4-5-8(13)11(15)10(7)14/h4-5,9,16-17H,6H2,1-3H3/t9-/m1/s1. The zero-order valence-corrected chi connectivity index (χ0v) is 10.0. The van der Waals surface area contributed by atoms with Crippen molar-refractivity contribution >= 4 is 0 Å². The minimum atomic E-state index is -1.56. The second kappa shape index (κ2) is 5.06. The third-order valence-corrected chi connectivity index (χ3v) is 2.25. The van der Waals surface area contributed by atoms with Gasteiger partial charge in [-0.2, -0.15) is 0 Å². The van der Waals surface area contributed by atoms with Crippen molar-refractivity contribution in [3.63, 3.8) is 0 Å². The van der Waals surface area contributed by atoms with Crippen molar-refractivity contribution in [2.24, 2.45) is 0 Å². The van der Waals surface area contributed by atoms with E-state index in [-0.39, 0.29) is 17.6 Å². The van der Waals surface area contributed by atoms with Crippen molar-refractivity contribution in [2.45, 2.75) is 32.4 Å². The van der Waals surface area contributed by atoms with Gasteiger partial charge in [-0.3, -0.25) is 0 Å². The normalized spacial score (nSPS) is 13.8. The van der Waals surface area contributed by atoms with Crippen molar-refractivity contribution in [2.75, 3.05) is 6.54 Å². The van der Waals surface area contributed by atoms with Gasteiger partial charge in [0.05, 0.1) is 6.10 Å². The number of nitrogens with one attached hydrogen (secondary N) is 1. The van der Waals surface area contributed by atoms with Gasteiger partial charge < -0.3 is 10.4 Å². The summed E-state index contributed by atoms with van der Waals surface area (Å²) in [5.74, 6) is -4.16. The molecule has 0 aliphatic heterocycles. The average molecular weight is 247 g/mol. The largest absolute Gasteiger partial charge is 0.387 e. The summed E-state index contributed by atoms with van der Waals surface area (Å²) in [6.45, 7) is 5.69. The predicted molar refractivity (Wildman–Crippen MR) is 59.0 cm³/mol. The molecule has 17 heavy (non-hydrogen) atoms. The van der Waals surface area contributed by atoms with Crippen LogP contribution in [0.3, 0.4) is 0 Å². The molecule has 96 valence electrons. The van der Waals surface area contributed by atoms with E-state index in [0.717, 1.165) is 12.1 Å². The highest BCUT2D eigenvalue weighted by atomic mass is 19.2. The highest BCUT2D eigenvalue weighted by Gasteiger charge is 2.20. The van der Waals surface area contributed by atoms with Gasteiger partial charge in [0.15, 0.2) is 17.5 Å². The SMILES string of the molecule is CC(C)(C)NC[C@@H](O)c1ccc(F)c(F)c1F. The molecule has 1 atom stereocenters. The molecule has 2 N–H and O–H groups in total. The highest BCUT2D eigenvalue weighted by Crippen LogP contribution is 2.21. The smallest absolute Gasteiger partial charge is 0.194 e. The number of rotatable bonds is 3. The van der Waals surface area contributed by atoms with Crippen LogP contribution in [0.25, 0.3) is 0 Å². The van der Waals surface area contributed by atoms with Crippen molar-refractivity contribution < 1.29 is 18.3 Å². The summed E-state index contributed by atoms with van der Waals surface area (Å²) < 4.78 is 39.0. The summed E-state index contributed by atoms with van der Waals surface area (Å²) in [4.78, 5) is 0. The van der Waals surface area contributed by atoms with Crippen LogP contribution in [0.4, 0.5) is 13.2 Å². The van der Waals surface area contributed by atoms with Gasteiger partial charge in [0, 0.05) is 17.6 Å². The van der Waals surface area contributed by atoms with Crippen LogP contribution in [0.5, 0.6) is 0 Å². The minimum absolute atomic E-state index is 0.0610. The first-order chi connectivity index (χ1) is 7.72. The molecular formula is C12H16F3NO. The van der Waals surface area contributed by atoms with E-state index in [0.29, 0.717) is 0 Å². The van der Waals surface area contributed by atoms with Gasteiger partial charge >= 0.3 is 0 Å². The molecule has 1 rings (SSSR count). The first kappa shape index (κ1) is 14.0. The van der Waals surface area contributed by atoms with Gasteiger partial charge in [-0.15, -0.1) is 0 Å². The lowest BCUT2D eigenvalue weighted by molar-refractivity contribution is 0.157. The molecule has 0 aliphatic rings. The lowest BCUT2D eigenvalue weighted by Crippen LogP contribution is -2.38. The lowest BCUT2D eigenvalue weighted by Gasteiger charge is -2.23. The van der Waals surface area contributed by atoms with Gasteiger partial charge in [-0.25, -0.2) is 13.2 Å². The zero-order valence-electron chi connectivity index (χ0n) is 10.0. The second-order valence-corrected chi connectivity index (χ2v) is 4.91. The van der Waals surface area contributed by atoms with Crippen LogP contribution in [-0.2, 0) is 0 Å². The number of aliphatic hydroxyl groups is 1. The first-order valence-corrected chi connectivity index (χ1v) is 5.29. The molecule has 0 radical (unpaired) electrons. The number of benzene rings is 1. The van der Waals surface area contributed by atoms with Crippen LogP contribution in [0.1, 0.15) is 32.4 Å². The van der Waals surface area contributed by atoms with E-state index >= 15 is 0 Å². The third-order valence-electron chi connectivity index (χ3n) is 2.25. The zero-order chi connectivity index (χ0) is 13.2. The Balaban J connectivity index is 2.83.